The van der Waals surface area contributed by atoms with Crippen molar-refractivity contribution in [1.29, 1.82) is 0 Å². The van der Waals surface area contributed by atoms with Crippen molar-refractivity contribution in [2.45, 2.75) is 13.1 Å². The predicted octanol–water partition coefficient (Wildman–Crippen LogP) is 3.70. The van der Waals surface area contributed by atoms with Crippen molar-refractivity contribution >= 4 is 23.5 Å². The average Bonchev–Trinajstić information content (AvgIpc) is 2.64. The smallest absolute Gasteiger partial charge is 0.319 e. The zero-order valence-corrected chi connectivity index (χ0v) is 14.8. The molecule has 132 valence electrons. The summed E-state index contributed by atoms with van der Waals surface area (Å²) in [4.78, 5) is 14.6. The Morgan fingerprint density at radius 2 is 1.72 bits per heavy atom. The molecular weight excluding hydrogens is 337 g/mol. The topological polar surface area (TPSA) is 44.4 Å². The van der Waals surface area contributed by atoms with Crippen LogP contribution in [0.4, 0.5) is 14.9 Å². The second-order valence-corrected chi connectivity index (χ2v) is 7.17. The molecule has 1 fully saturated rings. The number of benzene rings is 2. The Morgan fingerprint density at radius 1 is 1.04 bits per heavy atom. The number of hydrogen-bond acceptors (Lipinski definition) is 3. The zero-order valence-electron chi connectivity index (χ0n) is 14.0. The van der Waals surface area contributed by atoms with Crippen LogP contribution in [0.2, 0.25) is 0 Å². The van der Waals surface area contributed by atoms with Gasteiger partial charge in [-0.25, -0.2) is 9.18 Å². The summed E-state index contributed by atoms with van der Waals surface area (Å²) >= 11 is 1.98. The van der Waals surface area contributed by atoms with Crippen LogP contribution in [0.25, 0.3) is 0 Å². The van der Waals surface area contributed by atoms with Gasteiger partial charge in [0.25, 0.3) is 0 Å². The Balaban J connectivity index is 1.58. The molecule has 0 spiro atoms. The van der Waals surface area contributed by atoms with Gasteiger partial charge in [0.05, 0.1) is 0 Å². The first-order valence-corrected chi connectivity index (χ1v) is 9.54. The van der Waals surface area contributed by atoms with E-state index in [2.05, 4.69) is 15.5 Å². The van der Waals surface area contributed by atoms with E-state index in [9.17, 15) is 9.18 Å². The minimum atomic E-state index is -0.329. The quantitative estimate of drug-likeness (QED) is 0.856. The molecule has 2 aromatic carbocycles. The van der Waals surface area contributed by atoms with Gasteiger partial charge in [0, 0.05) is 48.9 Å². The van der Waals surface area contributed by atoms with Crippen LogP contribution in [0.15, 0.2) is 48.5 Å². The van der Waals surface area contributed by atoms with Gasteiger partial charge in [0.2, 0.25) is 0 Å². The lowest BCUT2D eigenvalue weighted by molar-refractivity contribution is 0.251. The first-order chi connectivity index (χ1) is 12.2. The van der Waals surface area contributed by atoms with Gasteiger partial charge in [-0.15, -0.1) is 0 Å². The third kappa shape index (κ3) is 5.21. The molecule has 1 saturated heterocycles. The van der Waals surface area contributed by atoms with Gasteiger partial charge in [-0.2, -0.15) is 11.8 Å². The van der Waals surface area contributed by atoms with Gasteiger partial charge in [-0.3, -0.25) is 4.90 Å². The van der Waals surface area contributed by atoms with Crippen molar-refractivity contribution in [2.75, 3.05) is 29.9 Å². The molecule has 0 bridgehead atoms. The third-order valence-corrected chi connectivity index (χ3v) is 5.10. The van der Waals surface area contributed by atoms with Gasteiger partial charge in [-0.1, -0.05) is 36.4 Å². The summed E-state index contributed by atoms with van der Waals surface area (Å²) in [5, 5.41) is 5.60. The maximum atomic E-state index is 13.6. The van der Waals surface area contributed by atoms with E-state index in [1.54, 1.807) is 18.2 Å². The second-order valence-electron chi connectivity index (χ2n) is 5.94. The summed E-state index contributed by atoms with van der Waals surface area (Å²) < 4.78 is 13.6. The fourth-order valence-electron chi connectivity index (χ4n) is 2.76. The highest BCUT2D eigenvalue weighted by atomic mass is 32.2. The molecule has 2 amide bonds. The number of nitrogens with zero attached hydrogens (tertiary/aromatic N) is 1. The fourth-order valence-corrected chi connectivity index (χ4v) is 3.74. The van der Waals surface area contributed by atoms with Gasteiger partial charge >= 0.3 is 6.03 Å². The number of para-hydroxylation sites is 1. The van der Waals surface area contributed by atoms with E-state index in [4.69, 9.17) is 0 Å². The number of urea groups is 1. The maximum absolute atomic E-state index is 13.6. The predicted molar refractivity (Wildman–Crippen MR) is 101 cm³/mol. The van der Waals surface area contributed by atoms with Crippen LogP contribution in [0, 0.1) is 5.82 Å². The number of amides is 2. The summed E-state index contributed by atoms with van der Waals surface area (Å²) in [5.74, 6) is 1.99. The molecular formula is C19H22FN3OS. The van der Waals surface area contributed by atoms with Crippen LogP contribution < -0.4 is 10.6 Å². The molecule has 0 aromatic heterocycles. The number of halogens is 1. The Kier molecular flexibility index (Phi) is 6.30. The number of carbonyl (C=O) groups excluding carboxylic acids is 1. The van der Waals surface area contributed by atoms with E-state index < -0.39 is 0 Å². The Labute approximate surface area is 151 Å². The zero-order chi connectivity index (χ0) is 17.5. The molecule has 2 N–H and O–H groups in total. The number of carbonyl (C=O) groups is 1. The van der Waals surface area contributed by atoms with Crippen molar-refractivity contribution in [3.05, 3.63) is 65.5 Å². The summed E-state index contributed by atoms with van der Waals surface area (Å²) in [6.45, 7) is 3.12. The van der Waals surface area contributed by atoms with Crippen LogP contribution in [0.5, 0.6) is 0 Å². The first kappa shape index (κ1) is 17.8. The van der Waals surface area contributed by atoms with Crippen molar-refractivity contribution < 1.29 is 9.18 Å². The molecule has 1 aliphatic rings. The molecule has 25 heavy (non-hydrogen) atoms. The van der Waals surface area contributed by atoms with Crippen LogP contribution in [0.1, 0.15) is 11.1 Å². The van der Waals surface area contributed by atoms with Gasteiger partial charge in [0.15, 0.2) is 0 Å². The number of rotatable bonds is 5. The average molecular weight is 359 g/mol. The molecule has 0 aliphatic carbocycles. The van der Waals surface area contributed by atoms with E-state index in [0.29, 0.717) is 5.56 Å². The van der Waals surface area contributed by atoms with Crippen molar-refractivity contribution in [3.8, 4) is 0 Å². The van der Waals surface area contributed by atoms with E-state index in [0.717, 1.165) is 42.4 Å². The van der Waals surface area contributed by atoms with E-state index >= 15 is 0 Å². The standard InChI is InChI=1S/C19H22FN3OS/c20-17-7-3-1-5-15(17)13-21-19(24)22-18-8-4-2-6-16(18)14-23-9-11-25-12-10-23/h1-8H,9-14H2,(H2,21,22,24). The molecule has 2 aromatic rings. The van der Waals surface area contributed by atoms with Gasteiger partial charge < -0.3 is 10.6 Å². The number of hydrogen-bond donors (Lipinski definition) is 2. The second kappa shape index (κ2) is 8.87. The van der Waals surface area contributed by atoms with Crippen LogP contribution in [-0.4, -0.2) is 35.5 Å². The summed E-state index contributed by atoms with van der Waals surface area (Å²) in [7, 11) is 0. The largest absolute Gasteiger partial charge is 0.334 e. The molecule has 3 rings (SSSR count). The van der Waals surface area contributed by atoms with Crippen LogP contribution >= 0.6 is 11.8 Å². The maximum Gasteiger partial charge on any atom is 0.319 e. The van der Waals surface area contributed by atoms with Crippen molar-refractivity contribution in [2.24, 2.45) is 0 Å². The van der Waals surface area contributed by atoms with Crippen LogP contribution in [-0.2, 0) is 13.1 Å². The highest BCUT2D eigenvalue weighted by Gasteiger charge is 2.13. The monoisotopic (exact) mass is 359 g/mol. The molecule has 1 aliphatic heterocycles. The summed E-state index contributed by atoms with van der Waals surface area (Å²) in [6.07, 6.45) is 0. The molecule has 0 unspecified atom stereocenters. The third-order valence-electron chi connectivity index (χ3n) is 4.16. The minimum absolute atomic E-state index is 0.157. The SMILES string of the molecule is O=C(NCc1ccccc1F)Nc1ccccc1CN1CCSCC1. The lowest BCUT2D eigenvalue weighted by Crippen LogP contribution is -2.33. The normalized spacial score (nSPS) is 14.9. The highest BCUT2D eigenvalue weighted by molar-refractivity contribution is 7.99. The Bertz CT molecular complexity index is 719. The molecule has 1 heterocycles. The van der Waals surface area contributed by atoms with Gasteiger partial charge in [0.1, 0.15) is 5.82 Å². The number of nitrogens with one attached hydrogen (secondary N) is 2. The summed E-state index contributed by atoms with van der Waals surface area (Å²) in [5.41, 5.74) is 2.36. The van der Waals surface area contributed by atoms with Crippen molar-refractivity contribution in [1.82, 2.24) is 10.2 Å². The molecule has 0 atom stereocenters. The Hall–Kier alpha value is -2.05. The molecule has 0 radical (unpaired) electrons. The van der Waals surface area contributed by atoms with E-state index in [-0.39, 0.29) is 18.4 Å². The van der Waals surface area contributed by atoms with E-state index in [1.165, 1.54) is 6.07 Å². The fraction of sp³-hybridized carbons (Fsp3) is 0.316. The Morgan fingerprint density at radius 3 is 2.48 bits per heavy atom. The first-order valence-electron chi connectivity index (χ1n) is 8.38. The lowest BCUT2D eigenvalue weighted by atomic mass is 10.1. The number of thioether (sulfide) groups is 1. The molecule has 6 heteroatoms. The minimum Gasteiger partial charge on any atom is -0.334 e. The summed E-state index contributed by atoms with van der Waals surface area (Å²) in [6, 6.07) is 13.9. The van der Waals surface area contributed by atoms with Gasteiger partial charge in [-0.05, 0) is 17.7 Å². The van der Waals surface area contributed by atoms with E-state index in [1.807, 2.05) is 36.0 Å². The van der Waals surface area contributed by atoms with Crippen molar-refractivity contribution in [3.63, 3.8) is 0 Å². The number of anilines is 1. The molecule has 4 nitrogen and oxygen atoms in total. The molecule has 0 saturated carbocycles. The highest BCUT2D eigenvalue weighted by Crippen LogP contribution is 2.19. The van der Waals surface area contributed by atoms with Crippen LogP contribution in [0.3, 0.4) is 0 Å². The lowest BCUT2D eigenvalue weighted by Gasteiger charge is -2.27.